The van der Waals surface area contributed by atoms with Crippen molar-refractivity contribution >= 4 is 23.0 Å². The predicted octanol–water partition coefficient (Wildman–Crippen LogP) is 3.30. The summed E-state index contributed by atoms with van der Waals surface area (Å²) in [6.45, 7) is 5.23. The number of imidazole rings is 1. The van der Waals surface area contributed by atoms with Crippen molar-refractivity contribution in [2.45, 2.75) is 63.6 Å². The molecule has 0 radical (unpaired) electrons. The third kappa shape index (κ3) is 6.27. The van der Waals surface area contributed by atoms with Crippen LogP contribution in [0.4, 0.5) is 13.6 Å². The summed E-state index contributed by atoms with van der Waals surface area (Å²) < 4.78 is 30.2. The average molecular weight is 570 g/mol. The number of amides is 2. The Bertz CT molecular complexity index is 1460. The number of aromatic nitrogens is 3. The van der Waals surface area contributed by atoms with Crippen LogP contribution in [0.1, 0.15) is 57.1 Å². The standard InChI is InChI=1S/C29H37F2N7O3/c1-17(2)24(39)16-34-26-22(9-8-18(15-33-26)20-5-3-6-21(30)25(20)31)35-28(40)37-13-10-19(11-14-37)38-23-7-4-12-32-27(23)36-29(38)41/h3-7,12,17-19,22,24,39H,8-11,13-16H2,1-2H3,(H,33,34)(H,35,40)(H,32,36,41). The van der Waals surface area contributed by atoms with Gasteiger partial charge < -0.3 is 20.6 Å². The Morgan fingerprint density at radius 1 is 1.15 bits per heavy atom. The van der Waals surface area contributed by atoms with Crippen molar-refractivity contribution in [3.8, 4) is 0 Å². The summed E-state index contributed by atoms with van der Waals surface area (Å²) in [5.74, 6) is -1.57. The fraction of sp³-hybridized carbons (Fsp3) is 0.517. The number of nitrogens with one attached hydrogen (secondary N) is 3. The second-order valence-corrected chi connectivity index (χ2v) is 11.2. The molecular formula is C29H37F2N7O3. The Balaban J connectivity index is 1.26. The highest BCUT2D eigenvalue weighted by molar-refractivity contribution is 5.91. The molecule has 41 heavy (non-hydrogen) atoms. The van der Waals surface area contributed by atoms with Gasteiger partial charge in [-0.2, -0.15) is 0 Å². The number of carbonyl (C=O) groups excluding carboxylic acids is 1. The van der Waals surface area contributed by atoms with E-state index >= 15 is 0 Å². The first-order valence-electron chi connectivity index (χ1n) is 14.2. The maximum atomic E-state index is 14.6. The number of urea groups is 1. The summed E-state index contributed by atoms with van der Waals surface area (Å²) in [5.41, 5.74) is 1.36. The molecule has 0 spiro atoms. The first kappa shape index (κ1) is 28.7. The second kappa shape index (κ2) is 12.4. The van der Waals surface area contributed by atoms with Crippen LogP contribution in [-0.2, 0) is 0 Å². The number of amidine groups is 1. The Morgan fingerprint density at radius 2 is 1.93 bits per heavy atom. The molecule has 2 aliphatic heterocycles. The van der Waals surface area contributed by atoms with Gasteiger partial charge in [-0.1, -0.05) is 26.0 Å². The molecule has 1 saturated heterocycles. The number of H-pyrrole nitrogens is 1. The van der Waals surface area contributed by atoms with Gasteiger partial charge in [0.2, 0.25) is 0 Å². The zero-order valence-electron chi connectivity index (χ0n) is 23.3. The van der Waals surface area contributed by atoms with Gasteiger partial charge in [0.25, 0.3) is 0 Å². The molecule has 4 heterocycles. The lowest BCUT2D eigenvalue weighted by Gasteiger charge is -2.34. The second-order valence-electron chi connectivity index (χ2n) is 11.2. The van der Waals surface area contributed by atoms with Gasteiger partial charge in [-0.05, 0) is 55.4 Å². The van der Waals surface area contributed by atoms with E-state index in [4.69, 9.17) is 0 Å². The molecule has 3 atom stereocenters. The van der Waals surface area contributed by atoms with Crippen LogP contribution < -0.4 is 16.3 Å². The fourth-order valence-corrected chi connectivity index (χ4v) is 5.66. The Hall–Kier alpha value is -3.80. The van der Waals surface area contributed by atoms with E-state index in [9.17, 15) is 23.5 Å². The molecule has 2 aliphatic rings. The molecule has 12 heteroatoms. The number of likely N-dealkylation sites (tertiary alicyclic amines) is 1. The minimum atomic E-state index is -0.895. The minimum absolute atomic E-state index is 0.0257. The summed E-state index contributed by atoms with van der Waals surface area (Å²) in [7, 11) is 0. The molecule has 10 nitrogen and oxygen atoms in total. The molecule has 5 rings (SSSR count). The van der Waals surface area contributed by atoms with Gasteiger partial charge in [-0.25, -0.2) is 23.4 Å². The maximum absolute atomic E-state index is 14.6. The van der Waals surface area contributed by atoms with Crippen LogP contribution in [0.15, 0.2) is 46.3 Å². The van der Waals surface area contributed by atoms with E-state index in [-0.39, 0.29) is 48.3 Å². The SMILES string of the molecule is CC(C)C(O)CNC1=NCC(c2cccc(F)c2F)CCC1NC(=O)N1CCC(n2c(=O)[nH]c3ncccc32)CC1. The number of nitrogens with zero attached hydrogens (tertiary/aromatic N) is 4. The van der Waals surface area contributed by atoms with Gasteiger partial charge in [0, 0.05) is 44.3 Å². The van der Waals surface area contributed by atoms with Gasteiger partial charge in [0.1, 0.15) is 5.84 Å². The van der Waals surface area contributed by atoms with Gasteiger partial charge in [-0.15, -0.1) is 0 Å². The van der Waals surface area contributed by atoms with E-state index in [2.05, 4.69) is 25.6 Å². The van der Waals surface area contributed by atoms with E-state index in [1.165, 1.54) is 6.07 Å². The van der Waals surface area contributed by atoms with Crippen LogP contribution in [0.5, 0.6) is 0 Å². The first-order chi connectivity index (χ1) is 19.7. The van der Waals surface area contributed by atoms with E-state index in [0.29, 0.717) is 50.3 Å². The number of pyridine rings is 1. The molecule has 3 unspecified atom stereocenters. The van der Waals surface area contributed by atoms with Crippen LogP contribution in [0.25, 0.3) is 11.2 Å². The smallest absolute Gasteiger partial charge is 0.327 e. The van der Waals surface area contributed by atoms with Crippen molar-refractivity contribution in [3.63, 3.8) is 0 Å². The number of fused-ring (bicyclic) bond motifs is 1. The fourth-order valence-electron chi connectivity index (χ4n) is 5.66. The highest BCUT2D eigenvalue weighted by Gasteiger charge is 2.31. The summed E-state index contributed by atoms with van der Waals surface area (Å²) in [6.07, 6.45) is 3.20. The van der Waals surface area contributed by atoms with Crippen LogP contribution in [0.3, 0.4) is 0 Å². The van der Waals surface area contributed by atoms with E-state index in [1.807, 2.05) is 19.9 Å². The maximum Gasteiger partial charge on any atom is 0.327 e. The third-order valence-electron chi connectivity index (χ3n) is 8.20. The Morgan fingerprint density at radius 3 is 2.68 bits per heavy atom. The number of rotatable bonds is 6. The van der Waals surface area contributed by atoms with E-state index in [1.54, 1.807) is 27.8 Å². The summed E-state index contributed by atoms with van der Waals surface area (Å²) in [5, 5.41) is 16.6. The molecule has 0 saturated carbocycles. The molecule has 2 amide bonds. The zero-order valence-corrected chi connectivity index (χ0v) is 23.3. The summed E-state index contributed by atoms with van der Waals surface area (Å²) in [4.78, 5) is 39.4. The van der Waals surface area contributed by atoms with Crippen molar-refractivity contribution in [2.75, 3.05) is 26.2 Å². The number of aliphatic imine (C=N–C) groups is 1. The van der Waals surface area contributed by atoms with Gasteiger partial charge in [-0.3, -0.25) is 14.5 Å². The number of hydrogen-bond donors (Lipinski definition) is 4. The molecule has 1 fully saturated rings. The van der Waals surface area contributed by atoms with Crippen LogP contribution >= 0.6 is 0 Å². The number of aliphatic hydroxyl groups excluding tert-OH is 1. The summed E-state index contributed by atoms with van der Waals surface area (Å²) >= 11 is 0. The molecule has 4 N–H and O–H groups in total. The number of aliphatic hydroxyl groups is 1. The largest absolute Gasteiger partial charge is 0.391 e. The third-order valence-corrected chi connectivity index (χ3v) is 8.20. The zero-order chi connectivity index (χ0) is 29.1. The molecule has 220 valence electrons. The Kier molecular flexibility index (Phi) is 8.67. The summed E-state index contributed by atoms with van der Waals surface area (Å²) in [6, 6.07) is 7.02. The quantitative estimate of drug-likeness (QED) is 0.362. The highest BCUT2D eigenvalue weighted by Crippen LogP contribution is 2.29. The van der Waals surface area contributed by atoms with Crippen molar-refractivity contribution in [3.05, 3.63) is 64.2 Å². The predicted molar refractivity (Wildman–Crippen MR) is 152 cm³/mol. The van der Waals surface area contributed by atoms with Crippen LogP contribution in [0, 0.1) is 17.6 Å². The van der Waals surface area contributed by atoms with Crippen molar-refractivity contribution in [1.82, 2.24) is 30.1 Å². The topological polar surface area (TPSA) is 128 Å². The first-order valence-corrected chi connectivity index (χ1v) is 14.2. The molecule has 3 aromatic rings. The molecular weight excluding hydrogens is 532 g/mol. The number of piperidine rings is 1. The number of carbonyl (C=O) groups is 1. The van der Waals surface area contributed by atoms with E-state index in [0.717, 1.165) is 11.6 Å². The van der Waals surface area contributed by atoms with Gasteiger partial charge in [0.15, 0.2) is 17.3 Å². The molecule has 0 aliphatic carbocycles. The van der Waals surface area contributed by atoms with Crippen molar-refractivity contribution in [1.29, 1.82) is 0 Å². The minimum Gasteiger partial charge on any atom is -0.391 e. The molecule has 1 aromatic carbocycles. The van der Waals surface area contributed by atoms with Crippen LogP contribution in [-0.4, -0.2) is 74.7 Å². The number of halogens is 2. The lowest BCUT2D eigenvalue weighted by molar-refractivity contribution is 0.128. The molecule has 2 aromatic heterocycles. The Labute approximate surface area is 236 Å². The van der Waals surface area contributed by atoms with Gasteiger partial charge >= 0.3 is 11.7 Å². The highest BCUT2D eigenvalue weighted by atomic mass is 19.2. The number of benzene rings is 1. The number of hydrogen-bond acceptors (Lipinski definition) is 6. The van der Waals surface area contributed by atoms with Crippen LogP contribution in [0.2, 0.25) is 0 Å². The average Bonchev–Trinajstić information content (AvgIpc) is 3.17. The van der Waals surface area contributed by atoms with E-state index < -0.39 is 23.8 Å². The molecule has 0 bridgehead atoms. The number of aromatic amines is 1. The lowest BCUT2D eigenvalue weighted by Crippen LogP contribution is -2.53. The lowest BCUT2D eigenvalue weighted by atomic mass is 9.92. The normalized spacial score (nSPS) is 21.0. The monoisotopic (exact) mass is 569 g/mol. The van der Waals surface area contributed by atoms with Crippen molar-refractivity contribution in [2.24, 2.45) is 10.9 Å². The van der Waals surface area contributed by atoms with Crippen molar-refractivity contribution < 1.29 is 18.7 Å². The van der Waals surface area contributed by atoms with Gasteiger partial charge in [0.05, 0.1) is 17.7 Å².